The first-order valence-electron chi connectivity index (χ1n) is 9.91. The van der Waals surface area contributed by atoms with Crippen LogP contribution in [-0.4, -0.2) is 32.8 Å². The Morgan fingerprint density at radius 2 is 1.93 bits per heavy atom. The van der Waals surface area contributed by atoms with Crippen LogP contribution in [0.25, 0.3) is 22.8 Å². The van der Waals surface area contributed by atoms with Gasteiger partial charge in [0.2, 0.25) is 5.91 Å². The molecule has 1 aliphatic rings. The van der Waals surface area contributed by atoms with E-state index in [1.54, 1.807) is 0 Å². The molecule has 1 aliphatic heterocycles. The lowest BCUT2D eigenvalue weighted by Gasteiger charge is -2.19. The van der Waals surface area contributed by atoms with Crippen LogP contribution in [0.1, 0.15) is 29.3 Å². The lowest BCUT2D eigenvalue weighted by Crippen LogP contribution is -2.25. The zero-order valence-electron chi connectivity index (χ0n) is 16.8. The molecule has 0 spiro atoms. The summed E-state index contributed by atoms with van der Waals surface area (Å²) in [7, 11) is 0. The SMILES string of the molecule is Cc1ccc(N2CC(c3noc(-c4cc(-c5ccccc5)n[nH]4)n3)CC2=O)c(C)c1. The van der Waals surface area contributed by atoms with E-state index in [0.717, 1.165) is 22.5 Å². The largest absolute Gasteiger partial charge is 0.332 e. The van der Waals surface area contributed by atoms with Crippen LogP contribution in [0.3, 0.4) is 0 Å². The predicted octanol–water partition coefficient (Wildman–Crippen LogP) is 4.26. The van der Waals surface area contributed by atoms with E-state index in [0.29, 0.717) is 30.4 Å². The summed E-state index contributed by atoms with van der Waals surface area (Å²) in [6.07, 6.45) is 0.366. The number of rotatable bonds is 4. The van der Waals surface area contributed by atoms with Crippen molar-refractivity contribution in [2.24, 2.45) is 0 Å². The van der Waals surface area contributed by atoms with Crippen LogP contribution < -0.4 is 4.90 Å². The third-order valence-electron chi connectivity index (χ3n) is 5.45. The number of nitrogens with one attached hydrogen (secondary N) is 1. The second-order valence-corrected chi connectivity index (χ2v) is 7.69. The molecule has 30 heavy (non-hydrogen) atoms. The molecule has 0 radical (unpaired) electrons. The number of nitrogens with zero attached hydrogens (tertiary/aromatic N) is 4. The van der Waals surface area contributed by atoms with Crippen molar-refractivity contribution in [3.63, 3.8) is 0 Å². The Bertz CT molecular complexity index is 1210. The fraction of sp³-hybridized carbons (Fsp3) is 0.217. The van der Waals surface area contributed by atoms with Gasteiger partial charge in [0.15, 0.2) is 5.82 Å². The number of aryl methyl sites for hydroxylation is 2. The molecule has 150 valence electrons. The predicted molar refractivity (Wildman–Crippen MR) is 113 cm³/mol. The zero-order valence-corrected chi connectivity index (χ0v) is 16.8. The van der Waals surface area contributed by atoms with Gasteiger partial charge in [0.05, 0.1) is 5.69 Å². The van der Waals surface area contributed by atoms with Crippen LogP contribution in [0, 0.1) is 13.8 Å². The fourth-order valence-corrected chi connectivity index (χ4v) is 3.92. The molecule has 7 heteroatoms. The Morgan fingerprint density at radius 1 is 1.10 bits per heavy atom. The normalized spacial score (nSPS) is 16.4. The standard InChI is InChI=1S/C23H21N5O2/c1-14-8-9-20(15(2)10-14)28-13-17(11-21(28)29)22-24-23(30-27-22)19-12-18(25-26-19)16-6-4-3-5-7-16/h3-10,12,17H,11,13H2,1-2H3,(H,25,26). The first-order valence-corrected chi connectivity index (χ1v) is 9.91. The molecule has 1 unspecified atom stereocenters. The molecule has 1 fully saturated rings. The third kappa shape index (κ3) is 3.28. The van der Waals surface area contributed by atoms with E-state index >= 15 is 0 Å². The average Bonchev–Trinajstić information content (AvgIpc) is 3.48. The monoisotopic (exact) mass is 399 g/mol. The van der Waals surface area contributed by atoms with Gasteiger partial charge in [-0.3, -0.25) is 9.89 Å². The van der Waals surface area contributed by atoms with Gasteiger partial charge in [-0.15, -0.1) is 0 Å². The van der Waals surface area contributed by atoms with Crippen molar-refractivity contribution >= 4 is 11.6 Å². The highest BCUT2D eigenvalue weighted by Gasteiger charge is 2.35. The van der Waals surface area contributed by atoms with Gasteiger partial charge in [-0.1, -0.05) is 53.2 Å². The molecule has 0 saturated carbocycles. The number of aromatic nitrogens is 4. The van der Waals surface area contributed by atoms with Crippen molar-refractivity contribution in [1.82, 2.24) is 20.3 Å². The summed E-state index contributed by atoms with van der Waals surface area (Å²) in [5.41, 5.74) is 5.68. The van der Waals surface area contributed by atoms with Crippen LogP contribution in [0.5, 0.6) is 0 Å². The second kappa shape index (κ2) is 7.26. The van der Waals surface area contributed by atoms with Crippen molar-refractivity contribution in [1.29, 1.82) is 0 Å². The Kier molecular flexibility index (Phi) is 4.43. The van der Waals surface area contributed by atoms with Crippen LogP contribution in [0.2, 0.25) is 0 Å². The van der Waals surface area contributed by atoms with Crippen molar-refractivity contribution in [3.8, 4) is 22.8 Å². The highest BCUT2D eigenvalue weighted by Crippen LogP contribution is 2.33. The summed E-state index contributed by atoms with van der Waals surface area (Å²) in [6.45, 7) is 4.61. The maximum Gasteiger partial charge on any atom is 0.275 e. The summed E-state index contributed by atoms with van der Waals surface area (Å²) in [5, 5.41) is 11.4. The molecule has 3 heterocycles. The van der Waals surface area contributed by atoms with E-state index in [2.05, 4.69) is 26.4 Å². The Balaban J connectivity index is 1.36. The van der Waals surface area contributed by atoms with E-state index in [4.69, 9.17) is 4.52 Å². The van der Waals surface area contributed by atoms with Gasteiger partial charge in [-0.25, -0.2) is 0 Å². The molecule has 1 saturated heterocycles. The maximum atomic E-state index is 12.7. The topological polar surface area (TPSA) is 87.9 Å². The highest BCUT2D eigenvalue weighted by molar-refractivity contribution is 5.97. The van der Waals surface area contributed by atoms with Gasteiger partial charge in [-0.05, 0) is 31.5 Å². The number of H-pyrrole nitrogens is 1. The van der Waals surface area contributed by atoms with Gasteiger partial charge in [0.1, 0.15) is 5.69 Å². The Morgan fingerprint density at radius 3 is 2.73 bits per heavy atom. The number of amides is 1. The molecular weight excluding hydrogens is 378 g/mol. The average molecular weight is 399 g/mol. The van der Waals surface area contributed by atoms with Crippen LogP contribution in [-0.2, 0) is 4.79 Å². The summed E-state index contributed by atoms with van der Waals surface area (Å²) < 4.78 is 5.47. The third-order valence-corrected chi connectivity index (χ3v) is 5.45. The molecule has 7 nitrogen and oxygen atoms in total. The van der Waals surface area contributed by atoms with Crippen molar-refractivity contribution < 1.29 is 9.32 Å². The number of hydrogen-bond acceptors (Lipinski definition) is 5. The minimum absolute atomic E-state index is 0.0752. The van der Waals surface area contributed by atoms with E-state index in [-0.39, 0.29) is 11.8 Å². The van der Waals surface area contributed by atoms with Gasteiger partial charge in [0, 0.05) is 30.1 Å². The van der Waals surface area contributed by atoms with E-state index in [1.165, 1.54) is 5.56 Å². The fourth-order valence-electron chi connectivity index (χ4n) is 3.92. The van der Waals surface area contributed by atoms with Gasteiger partial charge in [0.25, 0.3) is 5.89 Å². The highest BCUT2D eigenvalue weighted by atomic mass is 16.5. The van der Waals surface area contributed by atoms with Crippen LogP contribution >= 0.6 is 0 Å². The molecule has 4 aromatic rings. The molecule has 0 aliphatic carbocycles. The Labute approximate surface area is 173 Å². The quantitative estimate of drug-likeness (QED) is 0.554. The molecule has 1 amide bonds. The summed E-state index contributed by atoms with van der Waals surface area (Å²) in [4.78, 5) is 19.0. The molecule has 1 N–H and O–H groups in total. The number of aromatic amines is 1. The van der Waals surface area contributed by atoms with Crippen LogP contribution in [0.4, 0.5) is 5.69 Å². The van der Waals surface area contributed by atoms with Crippen molar-refractivity contribution in [3.05, 3.63) is 71.5 Å². The van der Waals surface area contributed by atoms with E-state index in [9.17, 15) is 4.79 Å². The summed E-state index contributed by atoms with van der Waals surface area (Å²) in [5.74, 6) is 0.886. The number of benzene rings is 2. The smallest absolute Gasteiger partial charge is 0.275 e. The van der Waals surface area contributed by atoms with Gasteiger partial charge in [-0.2, -0.15) is 10.1 Å². The number of carbonyl (C=O) groups excluding carboxylic acids is 1. The molecule has 0 bridgehead atoms. The summed E-state index contributed by atoms with van der Waals surface area (Å²) >= 11 is 0. The first kappa shape index (κ1) is 18.3. The zero-order chi connectivity index (χ0) is 20.7. The Hall–Kier alpha value is -3.74. The minimum atomic E-state index is -0.104. The van der Waals surface area contributed by atoms with Crippen LogP contribution in [0.15, 0.2) is 59.1 Å². The number of anilines is 1. The first-order chi connectivity index (χ1) is 14.6. The second-order valence-electron chi connectivity index (χ2n) is 7.69. The number of hydrogen-bond donors (Lipinski definition) is 1. The number of carbonyl (C=O) groups is 1. The molecule has 2 aromatic carbocycles. The van der Waals surface area contributed by atoms with E-state index < -0.39 is 0 Å². The van der Waals surface area contributed by atoms with Gasteiger partial charge < -0.3 is 9.42 Å². The molecular formula is C23H21N5O2. The lowest BCUT2D eigenvalue weighted by atomic mass is 10.1. The van der Waals surface area contributed by atoms with Gasteiger partial charge >= 0.3 is 0 Å². The summed E-state index contributed by atoms with van der Waals surface area (Å²) in [6, 6.07) is 17.9. The maximum absolute atomic E-state index is 12.7. The molecule has 5 rings (SSSR count). The minimum Gasteiger partial charge on any atom is -0.332 e. The molecule has 1 atom stereocenters. The molecule has 2 aromatic heterocycles. The van der Waals surface area contributed by atoms with Crippen molar-refractivity contribution in [2.45, 2.75) is 26.2 Å². The van der Waals surface area contributed by atoms with Crippen molar-refractivity contribution in [2.75, 3.05) is 11.4 Å². The van der Waals surface area contributed by atoms with E-state index in [1.807, 2.05) is 67.3 Å². The lowest BCUT2D eigenvalue weighted by molar-refractivity contribution is -0.117.